The molecule has 0 fully saturated rings. The van der Waals surface area contributed by atoms with Gasteiger partial charge in [-0.05, 0) is 11.3 Å². The molecule has 0 spiro atoms. The molecule has 0 saturated carbocycles. The highest BCUT2D eigenvalue weighted by Gasteiger charge is 2.27. The highest BCUT2D eigenvalue weighted by atomic mass is 32.2. The van der Waals surface area contributed by atoms with E-state index in [2.05, 4.69) is 47.5 Å². The molecule has 5 nitrogen and oxygen atoms in total. The Labute approximate surface area is 160 Å². The molecule has 132 valence electrons. The summed E-state index contributed by atoms with van der Waals surface area (Å²) in [6, 6.07) is 10.8. The topological polar surface area (TPSA) is 47.5 Å². The minimum absolute atomic E-state index is 0.968. The van der Waals surface area contributed by atoms with Gasteiger partial charge in [0.15, 0.2) is 10.8 Å². The third-order valence-corrected chi connectivity index (χ3v) is 6.92. The Hall–Kier alpha value is -1.96. The number of quaternary nitrogens is 1. The zero-order valence-corrected chi connectivity index (χ0v) is 16.2. The lowest BCUT2D eigenvalue weighted by Crippen LogP contribution is -3.10. The Morgan fingerprint density at radius 3 is 3.00 bits per heavy atom. The quantitative estimate of drug-likeness (QED) is 0.435. The number of thioether (sulfide) groups is 1. The summed E-state index contributed by atoms with van der Waals surface area (Å²) in [5.74, 6) is 0.992. The molecule has 26 heavy (non-hydrogen) atoms. The maximum absolute atomic E-state index is 4.93. The Morgan fingerprint density at radius 1 is 1.27 bits per heavy atom. The van der Waals surface area contributed by atoms with Gasteiger partial charge >= 0.3 is 0 Å². The van der Waals surface area contributed by atoms with E-state index in [0.717, 1.165) is 47.4 Å². The summed E-state index contributed by atoms with van der Waals surface area (Å²) < 4.78 is 2.05. The second-order valence-corrected chi connectivity index (χ2v) is 8.94. The largest absolute Gasteiger partial charge is 0.326 e. The Bertz CT molecular complexity index is 1070. The first kappa shape index (κ1) is 16.2. The first-order chi connectivity index (χ1) is 12.8. The molecule has 5 rings (SSSR count). The van der Waals surface area contributed by atoms with E-state index in [0.29, 0.717) is 0 Å². The number of rotatable bonds is 4. The summed E-state index contributed by atoms with van der Waals surface area (Å²) in [4.78, 5) is 9.14. The van der Waals surface area contributed by atoms with Crippen LogP contribution in [-0.4, -0.2) is 31.9 Å². The number of nitrogens with zero attached hydrogens (tertiary/aromatic N) is 4. The average Bonchev–Trinajstić information content (AvgIpc) is 3.26. The lowest BCUT2D eigenvalue weighted by molar-refractivity contribution is -0.929. The first-order valence-electron chi connectivity index (χ1n) is 8.97. The van der Waals surface area contributed by atoms with Crippen molar-refractivity contribution in [3.63, 3.8) is 0 Å². The maximum atomic E-state index is 4.93. The van der Waals surface area contributed by atoms with Crippen LogP contribution < -0.4 is 4.90 Å². The van der Waals surface area contributed by atoms with Gasteiger partial charge in [0.2, 0.25) is 0 Å². The molecule has 1 aromatic carbocycles. The summed E-state index contributed by atoms with van der Waals surface area (Å²) in [7, 11) is 0. The monoisotopic (exact) mass is 382 g/mol. The van der Waals surface area contributed by atoms with Crippen molar-refractivity contribution in [1.82, 2.24) is 19.6 Å². The summed E-state index contributed by atoms with van der Waals surface area (Å²) in [6.07, 6.45) is 2.88. The number of fused-ring (bicyclic) bond motifs is 5. The van der Waals surface area contributed by atoms with Crippen molar-refractivity contribution in [2.45, 2.75) is 31.6 Å². The van der Waals surface area contributed by atoms with E-state index in [1.807, 2.05) is 15.7 Å². The van der Waals surface area contributed by atoms with Crippen LogP contribution >= 0.6 is 23.1 Å². The van der Waals surface area contributed by atoms with Crippen LogP contribution in [0.2, 0.25) is 0 Å². The fourth-order valence-corrected chi connectivity index (χ4v) is 5.81. The predicted octanol–water partition coefficient (Wildman–Crippen LogP) is 2.59. The van der Waals surface area contributed by atoms with Gasteiger partial charge in [-0.2, -0.15) is 0 Å². The second kappa shape index (κ2) is 6.64. The lowest BCUT2D eigenvalue weighted by Gasteiger charge is -2.24. The molecule has 4 heterocycles. The number of hydrogen-bond acceptors (Lipinski definition) is 5. The smallest absolute Gasteiger partial charge is 0.176 e. The summed E-state index contributed by atoms with van der Waals surface area (Å²) in [5.41, 5.74) is 3.82. The van der Waals surface area contributed by atoms with Crippen LogP contribution in [-0.2, 0) is 19.5 Å². The summed E-state index contributed by atoms with van der Waals surface area (Å²) in [6.45, 7) is 5.46. The van der Waals surface area contributed by atoms with Crippen molar-refractivity contribution in [3.8, 4) is 0 Å². The zero-order chi connectivity index (χ0) is 17.5. The molecular formula is C19H20N5S2+. The number of nitrogens with one attached hydrogen (secondary N) is 1. The van der Waals surface area contributed by atoms with Crippen LogP contribution in [0, 0.1) is 0 Å². The molecule has 4 aromatic rings. The van der Waals surface area contributed by atoms with Crippen molar-refractivity contribution in [1.29, 1.82) is 0 Å². The van der Waals surface area contributed by atoms with Crippen molar-refractivity contribution in [2.75, 3.05) is 12.3 Å². The van der Waals surface area contributed by atoms with E-state index >= 15 is 0 Å². The molecule has 1 aliphatic heterocycles. The van der Waals surface area contributed by atoms with E-state index in [9.17, 15) is 0 Å². The third kappa shape index (κ3) is 2.71. The standard InChI is InChI=1S/C19H19N5S2/c1-2-25-19-21-18-16(17-22-20-12-24(17)19)14-8-9-23(11-15(14)26-18)10-13-6-4-3-5-7-13/h3-7,12H,2,8-11H2,1H3/p+1. The van der Waals surface area contributed by atoms with Gasteiger partial charge in [-0.1, -0.05) is 49.0 Å². The minimum Gasteiger partial charge on any atom is -0.326 e. The third-order valence-electron chi connectivity index (χ3n) is 4.96. The molecule has 1 N–H and O–H groups in total. The molecule has 7 heteroatoms. The molecule has 1 aliphatic rings. The molecule has 3 aromatic heterocycles. The van der Waals surface area contributed by atoms with Gasteiger partial charge in [0.05, 0.1) is 16.8 Å². The number of thiophene rings is 1. The average molecular weight is 383 g/mol. The fraction of sp³-hybridized carbons (Fsp3) is 0.316. The lowest BCUT2D eigenvalue weighted by atomic mass is 10.0. The Morgan fingerprint density at radius 2 is 2.15 bits per heavy atom. The van der Waals surface area contributed by atoms with E-state index in [-0.39, 0.29) is 0 Å². The molecule has 1 atom stereocenters. The zero-order valence-electron chi connectivity index (χ0n) is 14.6. The van der Waals surface area contributed by atoms with Crippen molar-refractivity contribution in [2.24, 2.45) is 0 Å². The molecular weight excluding hydrogens is 362 g/mol. The van der Waals surface area contributed by atoms with Gasteiger partial charge in [0, 0.05) is 12.0 Å². The van der Waals surface area contributed by atoms with Crippen molar-refractivity contribution in [3.05, 3.63) is 52.7 Å². The van der Waals surface area contributed by atoms with Crippen LogP contribution in [0.1, 0.15) is 22.9 Å². The molecule has 1 unspecified atom stereocenters. The Balaban J connectivity index is 1.54. The second-order valence-electron chi connectivity index (χ2n) is 6.63. The molecule has 0 amide bonds. The number of aromatic nitrogens is 4. The van der Waals surface area contributed by atoms with Gasteiger partial charge in [-0.3, -0.25) is 4.40 Å². The fourth-order valence-electron chi connectivity index (χ4n) is 3.78. The van der Waals surface area contributed by atoms with Crippen molar-refractivity contribution >= 4 is 39.0 Å². The molecule has 0 aliphatic carbocycles. The van der Waals surface area contributed by atoms with Crippen molar-refractivity contribution < 1.29 is 4.90 Å². The van der Waals surface area contributed by atoms with Crippen LogP contribution in [0.3, 0.4) is 0 Å². The van der Waals surface area contributed by atoms with E-state index < -0.39 is 0 Å². The molecule has 0 bridgehead atoms. The molecule has 0 radical (unpaired) electrons. The van der Waals surface area contributed by atoms with Gasteiger partial charge < -0.3 is 4.90 Å². The van der Waals surface area contributed by atoms with E-state index in [4.69, 9.17) is 4.98 Å². The van der Waals surface area contributed by atoms with E-state index in [1.54, 1.807) is 23.0 Å². The van der Waals surface area contributed by atoms with Crippen LogP contribution in [0.4, 0.5) is 0 Å². The SMILES string of the molecule is CCSc1nc2sc3c(c2c2nncn12)CC[NH+](Cc1ccccc1)C3. The first-order valence-corrected chi connectivity index (χ1v) is 10.8. The summed E-state index contributed by atoms with van der Waals surface area (Å²) >= 11 is 3.59. The molecule has 0 saturated heterocycles. The highest BCUT2D eigenvalue weighted by molar-refractivity contribution is 7.99. The van der Waals surface area contributed by atoms with Gasteiger partial charge in [-0.15, -0.1) is 21.5 Å². The predicted molar refractivity (Wildman–Crippen MR) is 106 cm³/mol. The van der Waals surface area contributed by atoms with Gasteiger partial charge in [-0.25, -0.2) is 4.98 Å². The van der Waals surface area contributed by atoms with Crippen LogP contribution in [0.5, 0.6) is 0 Å². The maximum Gasteiger partial charge on any atom is 0.176 e. The minimum atomic E-state index is 0.968. The van der Waals surface area contributed by atoms with Gasteiger partial charge in [0.25, 0.3) is 0 Å². The number of hydrogen-bond donors (Lipinski definition) is 1. The number of benzene rings is 1. The van der Waals surface area contributed by atoms with Crippen LogP contribution in [0.15, 0.2) is 41.8 Å². The Kier molecular flexibility index (Phi) is 4.15. The normalized spacial score (nSPS) is 17.0. The summed E-state index contributed by atoms with van der Waals surface area (Å²) in [5, 5.41) is 10.8. The van der Waals surface area contributed by atoms with E-state index in [1.165, 1.54) is 21.4 Å². The van der Waals surface area contributed by atoms with Gasteiger partial charge in [0.1, 0.15) is 24.2 Å². The highest BCUT2D eigenvalue weighted by Crippen LogP contribution is 2.35. The van der Waals surface area contributed by atoms with Crippen LogP contribution in [0.25, 0.3) is 15.9 Å².